The number of carbonyl (C=O) groups is 1. The lowest BCUT2D eigenvalue weighted by atomic mass is 10.1. The van der Waals surface area contributed by atoms with E-state index in [-0.39, 0.29) is 11.9 Å². The van der Waals surface area contributed by atoms with Crippen LogP contribution in [-0.2, 0) is 17.6 Å². The van der Waals surface area contributed by atoms with Gasteiger partial charge in [-0.2, -0.15) is 0 Å². The summed E-state index contributed by atoms with van der Waals surface area (Å²) in [6.07, 6.45) is 2.92. The van der Waals surface area contributed by atoms with Crippen molar-refractivity contribution in [3.8, 4) is 0 Å². The molecule has 23 heavy (non-hydrogen) atoms. The minimum absolute atomic E-state index is 0.00296. The van der Waals surface area contributed by atoms with Crippen molar-refractivity contribution in [1.29, 1.82) is 0 Å². The average Bonchev–Trinajstić information content (AvgIpc) is 3.01. The van der Waals surface area contributed by atoms with E-state index in [2.05, 4.69) is 58.6 Å². The molecule has 2 N–H and O–H groups in total. The fourth-order valence-corrected chi connectivity index (χ4v) is 2.86. The summed E-state index contributed by atoms with van der Waals surface area (Å²) < 4.78 is 0. The summed E-state index contributed by atoms with van der Waals surface area (Å²) in [5.74, 6) is 1.18. The van der Waals surface area contributed by atoms with Crippen LogP contribution < -0.4 is 5.32 Å². The van der Waals surface area contributed by atoms with Crippen LogP contribution in [0, 0.1) is 0 Å². The molecule has 1 atom stereocenters. The molecule has 2 rings (SSSR count). The topological polar surface area (TPSA) is 70.7 Å². The number of H-pyrrole nitrogens is 1. The van der Waals surface area contributed by atoms with Crippen LogP contribution in [0.25, 0.3) is 0 Å². The predicted molar refractivity (Wildman–Crippen MR) is 93.5 cm³/mol. The molecule has 1 aromatic carbocycles. The Morgan fingerprint density at radius 3 is 2.70 bits per heavy atom. The number of carbonyl (C=O) groups excluding carboxylic acids is 1. The second-order valence-electron chi connectivity index (χ2n) is 5.49. The van der Waals surface area contributed by atoms with Gasteiger partial charge in [0.05, 0.1) is 11.8 Å². The van der Waals surface area contributed by atoms with E-state index in [4.69, 9.17) is 0 Å². The summed E-state index contributed by atoms with van der Waals surface area (Å²) in [5, 5.41) is 10.6. The first kappa shape index (κ1) is 17.5. The molecular formula is C17H24N4OS. The van der Waals surface area contributed by atoms with Crippen molar-refractivity contribution in [2.75, 3.05) is 5.75 Å². The van der Waals surface area contributed by atoms with Gasteiger partial charge in [0.15, 0.2) is 0 Å². The molecule has 0 saturated heterocycles. The summed E-state index contributed by atoms with van der Waals surface area (Å²) in [4.78, 5) is 16.4. The minimum Gasteiger partial charge on any atom is -0.349 e. The van der Waals surface area contributed by atoms with Crippen LogP contribution >= 0.6 is 11.8 Å². The molecule has 1 unspecified atom stereocenters. The smallest absolute Gasteiger partial charge is 0.230 e. The summed E-state index contributed by atoms with van der Waals surface area (Å²) in [6.45, 7) is 6.22. The van der Waals surface area contributed by atoms with E-state index in [1.807, 2.05) is 6.92 Å². The highest BCUT2D eigenvalue weighted by Gasteiger charge is 2.11. The SMILES string of the molecule is CCCc1nc(SCC(=O)NC(C)c2ccc(CC)cc2)n[nH]1. The lowest BCUT2D eigenvalue weighted by Crippen LogP contribution is -2.28. The maximum Gasteiger partial charge on any atom is 0.230 e. The molecule has 124 valence electrons. The number of amides is 1. The molecule has 0 aliphatic carbocycles. The van der Waals surface area contributed by atoms with Crippen molar-refractivity contribution < 1.29 is 4.79 Å². The van der Waals surface area contributed by atoms with E-state index >= 15 is 0 Å². The number of aryl methyl sites for hydroxylation is 2. The van der Waals surface area contributed by atoms with Crippen LogP contribution in [0.4, 0.5) is 0 Å². The molecule has 0 aliphatic rings. The van der Waals surface area contributed by atoms with Crippen LogP contribution in [-0.4, -0.2) is 26.8 Å². The van der Waals surface area contributed by atoms with Crippen molar-refractivity contribution in [2.24, 2.45) is 0 Å². The highest BCUT2D eigenvalue weighted by molar-refractivity contribution is 7.99. The number of aromatic nitrogens is 3. The summed E-state index contributed by atoms with van der Waals surface area (Å²) in [5.41, 5.74) is 2.42. The number of rotatable bonds is 8. The molecule has 0 bridgehead atoms. The van der Waals surface area contributed by atoms with E-state index in [9.17, 15) is 4.79 Å². The Balaban J connectivity index is 1.80. The maximum absolute atomic E-state index is 12.1. The standard InChI is InChI=1S/C17H24N4OS/c1-4-6-15-19-17(21-20-15)23-11-16(22)18-12(3)14-9-7-13(5-2)8-10-14/h7-10,12H,4-6,11H2,1-3H3,(H,18,22)(H,19,20,21). The van der Waals surface area contributed by atoms with E-state index in [0.29, 0.717) is 10.9 Å². The molecule has 0 spiro atoms. The van der Waals surface area contributed by atoms with Gasteiger partial charge in [-0.1, -0.05) is 49.9 Å². The van der Waals surface area contributed by atoms with Gasteiger partial charge < -0.3 is 5.32 Å². The average molecular weight is 332 g/mol. The number of nitrogens with one attached hydrogen (secondary N) is 2. The molecule has 0 saturated carbocycles. The predicted octanol–water partition coefficient (Wildman–Crippen LogP) is 3.29. The summed E-state index contributed by atoms with van der Waals surface area (Å²) in [6, 6.07) is 8.36. The van der Waals surface area contributed by atoms with Gasteiger partial charge in [-0.05, 0) is 30.9 Å². The minimum atomic E-state index is -0.0103. The maximum atomic E-state index is 12.1. The number of benzene rings is 1. The Morgan fingerprint density at radius 2 is 2.04 bits per heavy atom. The first-order chi connectivity index (χ1) is 11.1. The van der Waals surface area contributed by atoms with Gasteiger partial charge in [0.1, 0.15) is 5.82 Å². The normalized spacial score (nSPS) is 12.1. The molecule has 0 radical (unpaired) electrons. The first-order valence-corrected chi connectivity index (χ1v) is 9.03. The zero-order chi connectivity index (χ0) is 16.7. The van der Waals surface area contributed by atoms with Gasteiger partial charge in [-0.25, -0.2) is 4.98 Å². The molecule has 0 aliphatic heterocycles. The molecule has 1 heterocycles. The van der Waals surface area contributed by atoms with Crippen molar-refractivity contribution in [1.82, 2.24) is 20.5 Å². The van der Waals surface area contributed by atoms with Crippen LogP contribution in [0.2, 0.25) is 0 Å². The van der Waals surface area contributed by atoms with E-state index < -0.39 is 0 Å². The van der Waals surface area contributed by atoms with Gasteiger partial charge in [-0.15, -0.1) is 5.10 Å². The van der Waals surface area contributed by atoms with Gasteiger partial charge in [0.25, 0.3) is 0 Å². The van der Waals surface area contributed by atoms with Crippen LogP contribution in [0.1, 0.15) is 50.2 Å². The number of aromatic amines is 1. The van der Waals surface area contributed by atoms with Gasteiger partial charge in [0.2, 0.25) is 11.1 Å². The highest BCUT2D eigenvalue weighted by Crippen LogP contribution is 2.16. The summed E-state index contributed by atoms with van der Waals surface area (Å²) >= 11 is 1.35. The molecular weight excluding hydrogens is 308 g/mol. The van der Waals surface area contributed by atoms with Crippen molar-refractivity contribution in [3.63, 3.8) is 0 Å². The lowest BCUT2D eigenvalue weighted by molar-refractivity contribution is -0.119. The zero-order valence-corrected chi connectivity index (χ0v) is 14.7. The van der Waals surface area contributed by atoms with Crippen molar-refractivity contribution in [3.05, 3.63) is 41.2 Å². The Kier molecular flexibility index (Phi) is 6.65. The Morgan fingerprint density at radius 1 is 1.30 bits per heavy atom. The van der Waals surface area contributed by atoms with Crippen molar-refractivity contribution >= 4 is 17.7 Å². The van der Waals surface area contributed by atoms with Gasteiger partial charge in [0, 0.05) is 6.42 Å². The molecule has 0 fully saturated rings. The molecule has 5 nitrogen and oxygen atoms in total. The Labute approximate surface area is 141 Å². The molecule has 1 aromatic heterocycles. The Hall–Kier alpha value is -1.82. The van der Waals surface area contributed by atoms with Crippen LogP contribution in [0.15, 0.2) is 29.4 Å². The second-order valence-corrected chi connectivity index (χ2v) is 6.43. The fraction of sp³-hybridized carbons (Fsp3) is 0.471. The van der Waals surface area contributed by atoms with Crippen LogP contribution in [0.3, 0.4) is 0 Å². The van der Waals surface area contributed by atoms with E-state index in [1.165, 1.54) is 17.3 Å². The molecule has 6 heteroatoms. The third-order valence-electron chi connectivity index (χ3n) is 3.60. The largest absolute Gasteiger partial charge is 0.349 e. The van der Waals surface area contributed by atoms with Gasteiger partial charge in [-0.3, -0.25) is 9.89 Å². The molecule has 1 amide bonds. The summed E-state index contributed by atoms with van der Waals surface area (Å²) in [7, 11) is 0. The number of hydrogen-bond donors (Lipinski definition) is 2. The number of hydrogen-bond acceptors (Lipinski definition) is 4. The number of nitrogens with zero attached hydrogens (tertiary/aromatic N) is 2. The zero-order valence-electron chi connectivity index (χ0n) is 13.9. The number of thioether (sulfide) groups is 1. The monoisotopic (exact) mass is 332 g/mol. The van der Waals surface area contributed by atoms with E-state index in [1.54, 1.807) is 0 Å². The molecule has 2 aromatic rings. The third kappa shape index (κ3) is 5.39. The lowest BCUT2D eigenvalue weighted by Gasteiger charge is -2.14. The highest BCUT2D eigenvalue weighted by atomic mass is 32.2. The van der Waals surface area contributed by atoms with Crippen molar-refractivity contribution in [2.45, 2.75) is 51.2 Å². The quantitative estimate of drug-likeness (QED) is 0.728. The first-order valence-electron chi connectivity index (χ1n) is 8.04. The Bertz CT molecular complexity index is 624. The fourth-order valence-electron chi connectivity index (χ4n) is 2.23. The third-order valence-corrected chi connectivity index (χ3v) is 4.44. The second kappa shape index (κ2) is 8.72. The van der Waals surface area contributed by atoms with E-state index in [0.717, 1.165) is 30.7 Å². The van der Waals surface area contributed by atoms with Gasteiger partial charge >= 0.3 is 0 Å². The van der Waals surface area contributed by atoms with Crippen LogP contribution in [0.5, 0.6) is 0 Å².